The Hall–Kier alpha value is -2.07. The maximum absolute atomic E-state index is 13.3. The Kier molecular flexibility index (Phi) is 5.93. The number of benzene rings is 1. The number of para-hydroxylation sites is 1. The summed E-state index contributed by atoms with van der Waals surface area (Å²) < 4.78 is 29.7. The normalized spacial score (nSPS) is 28.4. The van der Waals surface area contributed by atoms with Crippen LogP contribution in [0.25, 0.3) is 0 Å². The molecular weight excluding hydrogens is 464 g/mol. The first-order valence-corrected chi connectivity index (χ1v) is 14.2. The summed E-state index contributed by atoms with van der Waals surface area (Å²) >= 11 is 1.31. The number of carbonyl (C=O) groups is 3. The molecule has 10 heteroatoms. The van der Waals surface area contributed by atoms with Crippen molar-refractivity contribution in [3.63, 3.8) is 0 Å². The van der Waals surface area contributed by atoms with Gasteiger partial charge in [0.15, 0.2) is 21.3 Å². The fourth-order valence-electron chi connectivity index (χ4n) is 5.65. The van der Waals surface area contributed by atoms with E-state index in [1.165, 1.54) is 16.7 Å². The number of amides is 2. The van der Waals surface area contributed by atoms with Gasteiger partial charge in [-0.05, 0) is 31.4 Å². The smallest absolute Gasteiger partial charge is 0.344 e. The highest BCUT2D eigenvalue weighted by Gasteiger charge is 2.58. The van der Waals surface area contributed by atoms with Crippen molar-refractivity contribution in [2.75, 3.05) is 23.0 Å². The van der Waals surface area contributed by atoms with Gasteiger partial charge < -0.3 is 9.64 Å². The Bertz CT molecular complexity index is 1080. The molecule has 1 aromatic carbocycles. The molecule has 8 nitrogen and oxygen atoms in total. The first kappa shape index (κ1) is 22.7. The van der Waals surface area contributed by atoms with Crippen LogP contribution >= 0.6 is 11.8 Å². The summed E-state index contributed by atoms with van der Waals surface area (Å²) in [5.41, 5.74) is 0.702. The molecule has 0 aromatic heterocycles. The monoisotopic (exact) mass is 492 g/mol. The Morgan fingerprint density at radius 2 is 1.88 bits per heavy atom. The van der Waals surface area contributed by atoms with Crippen LogP contribution in [0.1, 0.15) is 51.4 Å². The van der Waals surface area contributed by atoms with Gasteiger partial charge in [0.2, 0.25) is 5.91 Å². The van der Waals surface area contributed by atoms with Gasteiger partial charge in [-0.1, -0.05) is 43.2 Å². The molecule has 5 rings (SSSR count). The zero-order chi connectivity index (χ0) is 23.2. The van der Waals surface area contributed by atoms with Crippen LogP contribution in [0, 0.1) is 0 Å². The first-order chi connectivity index (χ1) is 15.8. The third-order valence-corrected chi connectivity index (χ3v) is 10.4. The molecule has 1 aliphatic carbocycles. The number of esters is 1. The molecule has 1 aromatic rings. The van der Waals surface area contributed by atoms with E-state index in [0.717, 1.165) is 37.0 Å². The molecule has 0 bridgehead atoms. The van der Waals surface area contributed by atoms with Crippen LogP contribution in [0.15, 0.2) is 29.2 Å². The topological polar surface area (TPSA) is 101 Å². The average molecular weight is 493 g/mol. The zero-order valence-electron chi connectivity index (χ0n) is 18.4. The minimum atomic E-state index is -3.16. The molecule has 0 N–H and O–H groups in total. The largest absolute Gasteiger partial charge is 0.453 e. The lowest BCUT2D eigenvalue weighted by Gasteiger charge is -2.38. The number of anilines is 1. The zero-order valence-corrected chi connectivity index (χ0v) is 20.0. The fraction of sp³-hybridized carbons (Fsp3) is 0.609. The van der Waals surface area contributed by atoms with E-state index in [-0.39, 0.29) is 41.8 Å². The molecule has 3 aliphatic heterocycles. The van der Waals surface area contributed by atoms with Gasteiger partial charge in [-0.15, -0.1) is 0 Å². The molecule has 0 radical (unpaired) electrons. The van der Waals surface area contributed by atoms with Gasteiger partial charge in [0.25, 0.3) is 5.91 Å². The van der Waals surface area contributed by atoms with E-state index in [0.29, 0.717) is 18.5 Å². The molecule has 2 saturated heterocycles. The quantitative estimate of drug-likeness (QED) is 0.582. The highest BCUT2D eigenvalue weighted by atomic mass is 32.2. The molecule has 2 amide bonds. The summed E-state index contributed by atoms with van der Waals surface area (Å²) in [4.78, 5) is 42.1. The Labute approximate surface area is 197 Å². The van der Waals surface area contributed by atoms with E-state index in [9.17, 15) is 22.8 Å². The van der Waals surface area contributed by atoms with Crippen molar-refractivity contribution in [1.29, 1.82) is 0 Å². The van der Waals surface area contributed by atoms with Crippen molar-refractivity contribution in [1.82, 2.24) is 4.90 Å². The minimum absolute atomic E-state index is 0.0175. The van der Waals surface area contributed by atoms with Gasteiger partial charge in [-0.3, -0.25) is 14.5 Å². The van der Waals surface area contributed by atoms with Gasteiger partial charge >= 0.3 is 5.97 Å². The molecular formula is C23H28N2O6S2. The third-order valence-electron chi connectivity index (χ3n) is 7.18. The number of ether oxygens (including phenoxy) is 1. The number of thioether (sulfide) groups is 1. The molecule has 1 saturated carbocycles. The summed E-state index contributed by atoms with van der Waals surface area (Å²) in [7, 11) is -3.16. The Morgan fingerprint density at radius 1 is 1.12 bits per heavy atom. The fourth-order valence-corrected chi connectivity index (χ4v) is 8.77. The van der Waals surface area contributed by atoms with Crippen molar-refractivity contribution in [2.24, 2.45) is 0 Å². The number of sulfone groups is 1. The second kappa shape index (κ2) is 8.61. The number of hydrogen-bond donors (Lipinski definition) is 0. The van der Waals surface area contributed by atoms with Crippen LogP contribution in [0.4, 0.5) is 5.69 Å². The highest BCUT2D eigenvalue weighted by Crippen LogP contribution is 2.56. The van der Waals surface area contributed by atoms with E-state index >= 15 is 0 Å². The summed E-state index contributed by atoms with van der Waals surface area (Å²) in [5.74, 6) is -1.00. The lowest BCUT2D eigenvalue weighted by molar-refractivity contribution is -0.156. The van der Waals surface area contributed by atoms with E-state index < -0.39 is 27.3 Å². The van der Waals surface area contributed by atoms with Crippen molar-refractivity contribution in [2.45, 2.75) is 73.2 Å². The summed E-state index contributed by atoms with van der Waals surface area (Å²) in [6, 6.07) is 6.99. The number of fused-ring (bicyclic) bond motifs is 3. The van der Waals surface area contributed by atoms with Crippen molar-refractivity contribution >= 4 is 45.1 Å². The first-order valence-electron chi connectivity index (χ1n) is 11.6. The molecule has 0 spiro atoms. The van der Waals surface area contributed by atoms with Crippen molar-refractivity contribution in [3.05, 3.63) is 24.3 Å². The standard InChI is InChI=1S/C23H28N2O6S2/c26-20-10-12-23(25(20)18-8-4-5-9-19(18)32-23)22(28)31-14-21(27)24(16-6-2-1-3-7-16)17-11-13-33(29,30)15-17/h4-5,8-9,16-17H,1-3,6-7,10-15H2. The van der Waals surface area contributed by atoms with Gasteiger partial charge in [0.1, 0.15) is 0 Å². The van der Waals surface area contributed by atoms with E-state index in [1.54, 1.807) is 4.90 Å². The third kappa shape index (κ3) is 4.05. The molecule has 33 heavy (non-hydrogen) atoms. The summed E-state index contributed by atoms with van der Waals surface area (Å²) in [6.45, 7) is -0.438. The predicted octanol–water partition coefficient (Wildman–Crippen LogP) is 2.51. The molecule has 2 atom stereocenters. The number of rotatable bonds is 5. The Morgan fingerprint density at radius 3 is 2.61 bits per heavy atom. The lowest BCUT2D eigenvalue weighted by atomic mass is 9.93. The van der Waals surface area contributed by atoms with Gasteiger partial charge in [-0.2, -0.15) is 0 Å². The van der Waals surface area contributed by atoms with Gasteiger partial charge in [0, 0.05) is 29.8 Å². The second-order valence-electron chi connectivity index (χ2n) is 9.31. The van der Waals surface area contributed by atoms with Crippen LogP contribution in [-0.4, -0.2) is 66.2 Å². The number of hydrogen-bond acceptors (Lipinski definition) is 7. The number of carbonyl (C=O) groups excluding carboxylic acids is 3. The second-order valence-corrected chi connectivity index (χ2v) is 12.9. The SMILES string of the molecule is O=C(COC(=O)C12CCC(=O)N1c1ccccc1S2)N(C1CCCCC1)C1CCS(=O)(=O)C1. The van der Waals surface area contributed by atoms with Crippen LogP contribution in [0.3, 0.4) is 0 Å². The maximum atomic E-state index is 13.3. The molecule has 4 aliphatic rings. The summed E-state index contributed by atoms with van der Waals surface area (Å²) in [5, 5.41) is 0. The van der Waals surface area contributed by atoms with E-state index in [1.807, 2.05) is 24.3 Å². The van der Waals surface area contributed by atoms with Crippen LogP contribution in [-0.2, 0) is 29.0 Å². The highest BCUT2D eigenvalue weighted by molar-refractivity contribution is 8.02. The van der Waals surface area contributed by atoms with Gasteiger partial charge in [0.05, 0.1) is 17.2 Å². The molecule has 3 fully saturated rings. The lowest BCUT2D eigenvalue weighted by Crippen LogP contribution is -2.52. The van der Waals surface area contributed by atoms with Crippen LogP contribution in [0.2, 0.25) is 0 Å². The van der Waals surface area contributed by atoms with Crippen molar-refractivity contribution < 1.29 is 27.5 Å². The van der Waals surface area contributed by atoms with Crippen LogP contribution in [0.5, 0.6) is 0 Å². The van der Waals surface area contributed by atoms with Gasteiger partial charge in [-0.25, -0.2) is 13.2 Å². The Balaban J connectivity index is 1.32. The summed E-state index contributed by atoms with van der Waals surface area (Å²) in [6.07, 6.45) is 5.80. The van der Waals surface area contributed by atoms with Crippen molar-refractivity contribution in [3.8, 4) is 0 Å². The average Bonchev–Trinajstić information content (AvgIpc) is 3.44. The van der Waals surface area contributed by atoms with E-state index in [2.05, 4.69) is 0 Å². The maximum Gasteiger partial charge on any atom is 0.344 e. The molecule has 178 valence electrons. The molecule has 2 unspecified atom stereocenters. The molecule has 3 heterocycles. The predicted molar refractivity (Wildman–Crippen MR) is 123 cm³/mol. The van der Waals surface area contributed by atoms with Crippen LogP contribution < -0.4 is 4.90 Å². The number of nitrogens with zero attached hydrogens (tertiary/aromatic N) is 2. The minimum Gasteiger partial charge on any atom is -0.453 e. The van der Waals surface area contributed by atoms with E-state index in [4.69, 9.17) is 4.74 Å².